The average molecular weight is 314 g/mol. The van der Waals surface area contributed by atoms with Crippen molar-refractivity contribution in [3.05, 3.63) is 60.2 Å². The molecule has 0 heterocycles. The van der Waals surface area contributed by atoms with Crippen LogP contribution >= 0.6 is 11.8 Å². The molecule has 0 saturated heterocycles. The van der Waals surface area contributed by atoms with Gasteiger partial charge in [0, 0.05) is 16.6 Å². The van der Waals surface area contributed by atoms with Gasteiger partial charge in [0.2, 0.25) is 0 Å². The monoisotopic (exact) mass is 314 g/mol. The molecule has 2 amide bonds. The van der Waals surface area contributed by atoms with Gasteiger partial charge in [0.1, 0.15) is 0 Å². The van der Waals surface area contributed by atoms with Crippen LogP contribution in [0.3, 0.4) is 0 Å². The van der Waals surface area contributed by atoms with Crippen molar-refractivity contribution in [1.29, 1.82) is 0 Å². The molecule has 0 fully saturated rings. The van der Waals surface area contributed by atoms with Crippen LogP contribution in [-0.2, 0) is 6.42 Å². The van der Waals surface area contributed by atoms with Crippen LogP contribution < -0.4 is 10.6 Å². The van der Waals surface area contributed by atoms with Gasteiger partial charge in [0.05, 0.1) is 0 Å². The first-order valence-corrected chi connectivity index (χ1v) is 8.65. The van der Waals surface area contributed by atoms with E-state index in [-0.39, 0.29) is 12.1 Å². The minimum absolute atomic E-state index is 0.129. The normalized spacial score (nSPS) is 11.7. The Labute approximate surface area is 136 Å². The van der Waals surface area contributed by atoms with Crippen molar-refractivity contribution >= 4 is 23.5 Å². The fraction of sp³-hybridized carbons (Fsp3) is 0.278. The van der Waals surface area contributed by atoms with E-state index < -0.39 is 0 Å². The van der Waals surface area contributed by atoms with Gasteiger partial charge in [-0.1, -0.05) is 36.4 Å². The highest BCUT2D eigenvalue weighted by Crippen LogP contribution is 2.18. The molecule has 0 aliphatic heterocycles. The molecular formula is C18H22N2OS. The molecule has 4 heteroatoms. The van der Waals surface area contributed by atoms with E-state index in [0.717, 1.165) is 23.4 Å². The fourth-order valence-corrected chi connectivity index (χ4v) is 2.65. The summed E-state index contributed by atoms with van der Waals surface area (Å²) in [4.78, 5) is 13.1. The topological polar surface area (TPSA) is 41.1 Å². The standard InChI is InChI=1S/C18H22N2OS/c1-14(11-12-15-7-4-3-5-8-15)19-18(21)20-16-9-6-10-17(13-16)22-2/h3-10,13-14H,11-12H2,1-2H3,(H2,19,20,21)/t14-/m0/s1. The Kier molecular flexibility index (Phi) is 6.34. The summed E-state index contributed by atoms with van der Waals surface area (Å²) < 4.78 is 0. The van der Waals surface area contributed by atoms with Crippen molar-refractivity contribution < 1.29 is 4.79 Å². The molecule has 0 aromatic heterocycles. The van der Waals surface area contributed by atoms with Crippen LogP contribution in [0.2, 0.25) is 0 Å². The second-order valence-electron chi connectivity index (χ2n) is 5.26. The Balaban J connectivity index is 1.78. The number of amides is 2. The largest absolute Gasteiger partial charge is 0.335 e. The first-order valence-electron chi connectivity index (χ1n) is 7.43. The summed E-state index contributed by atoms with van der Waals surface area (Å²) in [6.07, 6.45) is 3.90. The van der Waals surface area contributed by atoms with E-state index in [1.165, 1.54) is 5.56 Å². The van der Waals surface area contributed by atoms with Gasteiger partial charge in [-0.3, -0.25) is 0 Å². The maximum absolute atomic E-state index is 12.0. The summed E-state index contributed by atoms with van der Waals surface area (Å²) >= 11 is 1.66. The van der Waals surface area contributed by atoms with Gasteiger partial charge in [-0.25, -0.2) is 4.79 Å². The van der Waals surface area contributed by atoms with Gasteiger partial charge >= 0.3 is 6.03 Å². The van der Waals surface area contributed by atoms with E-state index in [1.807, 2.05) is 55.6 Å². The number of hydrogen-bond donors (Lipinski definition) is 2. The van der Waals surface area contributed by atoms with E-state index in [0.29, 0.717) is 0 Å². The van der Waals surface area contributed by atoms with Gasteiger partial charge < -0.3 is 10.6 Å². The van der Waals surface area contributed by atoms with Gasteiger partial charge in [0.25, 0.3) is 0 Å². The Hall–Kier alpha value is -1.94. The number of carbonyl (C=O) groups is 1. The highest BCUT2D eigenvalue weighted by Gasteiger charge is 2.08. The molecule has 2 aromatic carbocycles. The third kappa shape index (κ3) is 5.45. The van der Waals surface area contributed by atoms with Gasteiger partial charge in [-0.2, -0.15) is 0 Å². The summed E-state index contributed by atoms with van der Waals surface area (Å²) in [6.45, 7) is 2.03. The Morgan fingerprint density at radius 3 is 2.64 bits per heavy atom. The lowest BCUT2D eigenvalue weighted by atomic mass is 10.1. The minimum Gasteiger partial charge on any atom is -0.335 e. The molecule has 0 aliphatic rings. The van der Waals surface area contributed by atoms with Crippen LogP contribution in [0.5, 0.6) is 0 Å². The number of benzene rings is 2. The lowest BCUT2D eigenvalue weighted by Gasteiger charge is -2.15. The van der Waals surface area contributed by atoms with Crippen LogP contribution in [0.15, 0.2) is 59.5 Å². The fourth-order valence-electron chi connectivity index (χ4n) is 2.19. The van der Waals surface area contributed by atoms with Crippen molar-refractivity contribution in [3.8, 4) is 0 Å². The van der Waals surface area contributed by atoms with Crippen LogP contribution in [0.1, 0.15) is 18.9 Å². The number of urea groups is 1. The first-order chi connectivity index (χ1) is 10.7. The Bertz CT molecular complexity index is 601. The number of rotatable bonds is 6. The molecule has 2 aromatic rings. The molecule has 3 nitrogen and oxygen atoms in total. The summed E-state index contributed by atoms with van der Waals surface area (Å²) in [7, 11) is 0. The van der Waals surface area contributed by atoms with Crippen molar-refractivity contribution in [1.82, 2.24) is 5.32 Å². The summed E-state index contributed by atoms with van der Waals surface area (Å²) in [6, 6.07) is 18.1. The molecule has 2 rings (SSSR count). The third-order valence-corrected chi connectivity index (χ3v) is 4.14. The summed E-state index contributed by atoms with van der Waals surface area (Å²) in [5.74, 6) is 0. The van der Waals surface area contributed by atoms with Crippen LogP contribution in [0.25, 0.3) is 0 Å². The van der Waals surface area contributed by atoms with Crippen LogP contribution in [-0.4, -0.2) is 18.3 Å². The zero-order valence-electron chi connectivity index (χ0n) is 13.0. The van der Waals surface area contributed by atoms with Crippen LogP contribution in [0, 0.1) is 0 Å². The Morgan fingerprint density at radius 1 is 1.14 bits per heavy atom. The third-order valence-electron chi connectivity index (χ3n) is 3.41. The van der Waals surface area contributed by atoms with Crippen molar-refractivity contribution in [2.24, 2.45) is 0 Å². The van der Waals surface area contributed by atoms with Crippen molar-refractivity contribution in [3.63, 3.8) is 0 Å². The van der Waals surface area contributed by atoms with E-state index >= 15 is 0 Å². The zero-order valence-corrected chi connectivity index (χ0v) is 13.8. The molecule has 0 bridgehead atoms. The molecule has 0 unspecified atom stereocenters. The predicted octanol–water partition coefficient (Wildman–Crippen LogP) is 4.55. The molecule has 0 saturated carbocycles. The molecule has 116 valence electrons. The number of nitrogens with one attached hydrogen (secondary N) is 2. The molecule has 22 heavy (non-hydrogen) atoms. The van der Waals surface area contributed by atoms with Gasteiger partial charge in [0.15, 0.2) is 0 Å². The molecule has 0 spiro atoms. The van der Waals surface area contributed by atoms with Crippen LogP contribution in [0.4, 0.5) is 10.5 Å². The maximum atomic E-state index is 12.0. The maximum Gasteiger partial charge on any atom is 0.319 e. The predicted molar refractivity (Wildman–Crippen MR) is 94.6 cm³/mol. The smallest absolute Gasteiger partial charge is 0.319 e. The second kappa shape index (κ2) is 8.49. The Morgan fingerprint density at radius 2 is 1.91 bits per heavy atom. The number of anilines is 1. The molecule has 1 atom stereocenters. The highest BCUT2D eigenvalue weighted by atomic mass is 32.2. The minimum atomic E-state index is -0.154. The lowest BCUT2D eigenvalue weighted by Crippen LogP contribution is -2.36. The van der Waals surface area contributed by atoms with E-state index in [2.05, 4.69) is 22.8 Å². The highest BCUT2D eigenvalue weighted by molar-refractivity contribution is 7.98. The second-order valence-corrected chi connectivity index (χ2v) is 6.14. The quantitative estimate of drug-likeness (QED) is 0.768. The molecule has 2 N–H and O–H groups in total. The van der Waals surface area contributed by atoms with Gasteiger partial charge in [-0.05, 0) is 49.8 Å². The molecular weight excluding hydrogens is 292 g/mol. The van der Waals surface area contributed by atoms with E-state index in [4.69, 9.17) is 0 Å². The number of aryl methyl sites for hydroxylation is 1. The summed E-state index contributed by atoms with van der Waals surface area (Å²) in [5.41, 5.74) is 2.11. The first kappa shape index (κ1) is 16.4. The number of carbonyl (C=O) groups excluding carboxylic acids is 1. The summed E-state index contributed by atoms with van der Waals surface area (Å²) in [5, 5.41) is 5.86. The average Bonchev–Trinajstić information content (AvgIpc) is 2.54. The van der Waals surface area contributed by atoms with Crippen molar-refractivity contribution in [2.75, 3.05) is 11.6 Å². The number of thioether (sulfide) groups is 1. The number of hydrogen-bond acceptors (Lipinski definition) is 2. The SMILES string of the molecule is CSc1cccc(NC(=O)N[C@@H](C)CCc2ccccc2)c1. The van der Waals surface area contributed by atoms with Gasteiger partial charge in [-0.15, -0.1) is 11.8 Å². The zero-order chi connectivity index (χ0) is 15.8. The molecule has 0 radical (unpaired) electrons. The van der Waals surface area contributed by atoms with Crippen molar-refractivity contribution in [2.45, 2.75) is 30.7 Å². The van der Waals surface area contributed by atoms with E-state index in [9.17, 15) is 4.79 Å². The van der Waals surface area contributed by atoms with E-state index in [1.54, 1.807) is 11.8 Å². The lowest BCUT2D eigenvalue weighted by molar-refractivity contribution is 0.248. The molecule has 0 aliphatic carbocycles.